The van der Waals surface area contributed by atoms with Gasteiger partial charge >= 0.3 is 0 Å². The lowest BCUT2D eigenvalue weighted by Crippen LogP contribution is -2.56. The normalized spacial score (nSPS) is 37.4. The van der Waals surface area contributed by atoms with Crippen LogP contribution in [0.25, 0.3) is 0 Å². The van der Waals surface area contributed by atoms with E-state index in [1.807, 2.05) is 0 Å². The van der Waals surface area contributed by atoms with Crippen molar-refractivity contribution in [2.24, 2.45) is 5.92 Å². The van der Waals surface area contributed by atoms with Crippen LogP contribution in [0.3, 0.4) is 0 Å². The average Bonchev–Trinajstić information content (AvgIpc) is 3.28. The third-order valence-electron chi connectivity index (χ3n) is 9.74. The summed E-state index contributed by atoms with van der Waals surface area (Å²) in [6.07, 6.45) is 10.4. The van der Waals surface area contributed by atoms with Crippen molar-refractivity contribution in [2.45, 2.75) is 94.6 Å². The van der Waals surface area contributed by atoms with Crippen LogP contribution in [0.2, 0.25) is 0 Å². The maximum Gasteiger partial charge on any atom is 0.239 e. The SMILES string of the molecule is CN1C(CCC(=O)N2CCN(C3CCCCN3)CC2)CNC(=O)C2C1CCN2CC1CCC(O)CC1. The van der Waals surface area contributed by atoms with E-state index in [4.69, 9.17) is 0 Å². The molecule has 0 spiro atoms. The molecular weight excluding hydrogens is 456 g/mol. The molecule has 0 bridgehead atoms. The average molecular weight is 505 g/mol. The number of rotatable bonds is 6. The molecule has 204 valence electrons. The predicted octanol–water partition coefficient (Wildman–Crippen LogP) is 0.435. The number of piperazine rings is 1. The van der Waals surface area contributed by atoms with E-state index in [0.29, 0.717) is 25.0 Å². The number of nitrogens with one attached hydrogen (secondary N) is 2. The zero-order chi connectivity index (χ0) is 25.1. The number of likely N-dealkylation sites (N-methyl/N-ethyl adjacent to an activating group) is 1. The maximum absolute atomic E-state index is 13.1. The second-order valence-corrected chi connectivity index (χ2v) is 12.0. The van der Waals surface area contributed by atoms with Gasteiger partial charge in [0, 0.05) is 64.3 Å². The molecule has 3 N–H and O–H groups in total. The van der Waals surface area contributed by atoms with Crippen molar-refractivity contribution in [1.82, 2.24) is 30.2 Å². The number of hydrogen-bond acceptors (Lipinski definition) is 7. The topological polar surface area (TPSA) is 91.4 Å². The van der Waals surface area contributed by atoms with Gasteiger partial charge in [0.15, 0.2) is 0 Å². The fraction of sp³-hybridized carbons (Fsp3) is 0.926. The first kappa shape index (κ1) is 26.4. The molecule has 4 unspecified atom stereocenters. The van der Waals surface area contributed by atoms with Crippen LogP contribution in [0.1, 0.15) is 64.2 Å². The number of aliphatic hydroxyl groups excluding tert-OH is 1. The van der Waals surface area contributed by atoms with Gasteiger partial charge in [0.05, 0.1) is 12.3 Å². The summed E-state index contributed by atoms with van der Waals surface area (Å²) >= 11 is 0. The molecule has 5 fully saturated rings. The molecule has 4 heterocycles. The minimum absolute atomic E-state index is 0.0935. The van der Waals surface area contributed by atoms with Crippen molar-refractivity contribution in [1.29, 1.82) is 0 Å². The molecule has 5 rings (SSSR count). The number of piperidine rings is 1. The number of hydrogen-bond donors (Lipinski definition) is 3. The number of likely N-dealkylation sites (tertiary alicyclic amines) is 1. The van der Waals surface area contributed by atoms with Gasteiger partial charge in [-0.1, -0.05) is 0 Å². The van der Waals surface area contributed by atoms with E-state index in [1.54, 1.807) is 0 Å². The molecule has 0 radical (unpaired) electrons. The summed E-state index contributed by atoms with van der Waals surface area (Å²) in [5.41, 5.74) is 0. The summed E-state index contributed by atoms with van der Waals surface area (Å²) < 4.78 is 0. The van der Waals surface area contributed by atoms with Crippen LogP contribution < -0.4 is 10.6 Å². The highest BCUT2D eigenvalue weighted by Gasteiger charge is 2.45. The maximum atomic E-state index is 13.1. The molecule has 4 saturated heterocycles. The lowest BCUT2D eigenvalue weighted by molar-refractivity contribution is -0.134. The molecule has 0 aromatic heterocycles. The third kappa shape index (κ3) is 6.07. The number of amides is 2. The number of fused-ring (bicyclic) bond motifs is 1. The van der Waals surface area contributed by atoms with E-state index < -0.39 is 0 Å². The smallest absolute Gasteiger partial charge is 0.239 e. The summed E-state index contributed by atoms with van der Waals surface area (Å²) in [5.74, 6) is 0.997. The predicted molar refractivity (Wildman–Crippen MR) is 139 cm³/mol. The van der Waals surface area contributed by atoms with E-state index in [0.717, 1.165) is 84.3 Å². The fourth-order valence-electron chi connectivity index (χ4n) is 7.39. The molecular formula is C27H48N6O3. The van der Waals surface area contributed by atoms with Gasteiger partial charge in [-0.15, -0.1) is 0 Å². The quantitative estimate of drug-likeness (QED) is 0.483. The number of carbonyl (C=O) groups is 2. The van der Waals surface area contributed by atoms with Crippen LogP contribution in [-0.2, 0) is 9.59 Å². The molecule has 36 heavy (non-hydrogen) atoms. The second kappa shape index (κ2) is 12.1. The standard InChI is InChI=1S/C27H48N6O3/c1-30-21(7-10-25(35)32-16-14-31(15-17-32)24-4-2-3-12-28-24)18-29-27(36)26-23(30)11-13-33(26)19-20-5-8-22(34)9-6-20/h20-24,26,28,34H,2-19H2,1H3,(H,29,36). The van der Waals surface area contributed by atoms with Crippen molar-refractivity contribution in [2.75, 3.05) is 59.4 Å². The Morgan fingerprint density at radius 3 is 2.50 bits per heavy atom. The lowest BCUT2D eigenvalue weighted by Gasteiger charge is -2.41. The largest absolute Gasteiger partial charge is 0.393 e. The van der Waals surface area contributed by atoms with Crippen molar-refractivity contribution in [3.63, 3.8) is 0 Å². The number of aliphatic hydroxyl groups is 1. The summed E-state index contributed by atoms with van der Waals surface area (Å²) in [4.78, 5) is 35.6. The molecule has 0 aromatic carbocycles. The Kier molecular flexibility index (Phi) is 8.83. The Balaban J connectivity index is 1.09. The van der Waals surface area contributed by atoms with Gasteiger partial charge < -0.3 is 20.6 Å². The highest BCUT2D eigenvalue weighted by Crippen LogP contribution is 2.31. The molecule has 4 aliphatic heterocycles. The van der Waals surface area contributed by atoms with E-state index in [1.165, 1.54) is 19.3 Å². The first-order valence-corrected chi connectivity index (χ1v) is 14.7. The molecule has 9 heteroatoms. The minimum Gasteiger partial charge on any atom is -0.393 e. The van der Waals surface area contributed by atoms with Gasteiger partial charge in [-0.05, 0) is 77.3 Å². The van der Waals surface area contributed by atoms with Crippen LogP contribution in [-0.4, -0.2) is 126 Å². The van der Waals surface area contributed by atoms with E-state index in [9.17, 15) is 14.7 Å². The van der Waals surface area contributed by atoms with Crippen LogP contribution in [0.4, 0.5) is 0 Å². The highest BCUT2D eigenvalue weighted by molar-refractivity contribution is 5.83. The summed E-state index contributed by atoms with van der Waals surface area (Å²) in [6, 6.07) is 0.322. The van der Waals surface area contributed by atoms with Crippen molar-refractivity contribution < 1.29 is 14.7 Å². The van der Waals surface area contributed by atoms with E-state index >= 15 is 0 Å². The molecule has 4 atom stereocenters. The Labute approximate surface area is 216 Å². The molecule has 5 aliphatic rings. The van der Waals surface area contributed by atoms with Crippen molar-refractivity contribution in [3.8, 4) is 0 Å². The summed E-state index contributed by atoms with van der Waals surface area (Å²) in [6.45, 7) is 7.22. The molecule has 1 aliphatic carbocycles. The van der Waals surface area contributed by atoms with E-state index in [-0.39, 0.29) is 36.0 Å². The van der Waals surface area contributed by atoms with Gasteiger partial charge in [0.1, 0.15) is 6.04 Å². The Morgan fingerprint density at radius 1 is 1.00 bits per heavy atom. The number of carbonyl (C=O) groups excluding carboxylic acids is 2. The monoisotopic (exact) mass is 504 g/mol. The number of nitrogens with zero attached hydrogens (tertiary/aromatic N) is 4. The molecule has 2 amide bonds. The highest BCUT2D eigenvalue weighted by atomic mass is 16.3. The first-order valence-electron chi connectivity index (χ1n) is 14.7. The molecule has 1 saturated carbocycles. The summed E-state index contributed by atoms with van der Waals surface area (Å²) in [5, 5.41) is 16.7. The zero-order valence-electron chi connectivity index (χ0n) is 22.2. The van der Waals surface area contributed by atoms with Crippen LogP contribution in [0.5, 0.6) is 0 Å². The summed E-state index contributed by atoms with van der Waals surface area (Å²) in [7, 11) is 2.16. The van der Waals surface area contributed by atoms with Crippen LogP contribution in [0.15, 0.2) is 0 Å². The fourth-order valence-corrected chi connectivity index (χ4v) is 7.39. The van der Waals surface area contributed by atoms with Gasteiger partial charge in [-0.2, -0.15) is 0 Å². The lowest BCUT2D eigenvalue weighted by atomic mass is 9.87. The van der Waals surface area contributed by atoms with Gasteiger partial charge in [0.2, 0.25) is 11.8 Å². The Morgan fingerprint density at radius 2 is 1.78 bits per heavy atom. The van der Waals surface area contributed by atoms with Gasteiger partial charge in [-0.3, -0.25) is 24.3 Å². The molecule has 9 nitrogen and oxygen atoms in total. The Bertz CT molecular complexity index is 746. The minimum atomic E-state index is -0.138. The second-order valence-electron chi connectivity index (χ2n) is 12.0. The van der Waals surface area contributed by atoms with Crippen LogP contribution >= 0.6 is 0 Å². The van der Waals surface area contributed by atoms with Crippen molar-refractivity contribution in [3.05, 3.63) is 0 Å². The third-order valence-corrected chi connectivity index (χ3v) is 9.74. The van der Waals surface area contributed by atoms with Gasteiger partial charge in [0.25, 0.3) is 0 Å². The van der Waals surface area contributed by atoms with E-state index in [2.05, 4.69) is 37.3 Å². The van der Waals surface area contributed by atoms with Crippen molar-refractivity contribution >= 4 is 11.8 Å². The first-order chi connectivity index (χ1) is 17.5. The molecule has 0 aromatic rings. The van der Waals surface area contributed by atoms with Crippen LogP contribution in [0, 0.1) is 5.92 Å². The zero-order valence-corrected chi connectivity index (χ0v) is 22.2. The van der Waals surface area contributed by atoms with Gasteiger partial charge in [-0.25, -0.2) is 0 Å². The Hall–Kier alpha value is -1.26.